The summed E-state index contributed by atoms with van der Waals surface area (Å²) in [7, 11) is -8.90. The van der Waals surface area contributed by atoms with E-state index in [9.17, 15) is 11.1 Å². The summed E-state index contributed by atoms with van der Waals surface area (Å²) in [4.78, 5) is 0. The van der Waals surface area contributed by atoms with Crippen LogP contribution in [0.5, 0.6) is 0 Å². The maximum absolute atomic E-state index is 9.34. The molecule has 0 spiro atoms. The predicted molar refractivity (Wildman–Crippen MR) is 239 cm³/mol. The van der Waals surface area contributed by atoms with E-state index in [1.807, 2.05) is 0 Å². The maximum atomic E-state index is 9.34. The highest BCUT2D eigenvalue weighted by molar-refractivity contribution is 8.01. The number of benzene rings is 8. The van der Waals surface area contributed by atoms with Crippen molar-refractivity contribution in [2.75, 3.05) is 0 Å². The van der Waals surface area contributed by atoms with E-state index in [1.54, 1.807) is 0 Å². The summed E-state index contributed by atoms with van der Waals surface area (Å²) in [6.07, 6.45) is 0. The molecule has 0 atom stereocenters. The molecule has 5 heteroatoms. The van der Waals surface area contributed by atoms with Crippen molar-refractivity contribution in [1.29, 1.82) is 0 Å². The zero-order chi connectivity index (χ0) is 36.0. The average Bonchev–Trinajstić information content (AvgIpc) is 3.26. The fraction of sp³-hybridized carbons (Fsp3) is 0. The summed E-state index contributed by atoms with van der Waals surface area (Å²) in [6.45, 7) is -3.38. The SMILES string of the molecule is Cl[Si](c1ccccc1)(c1ccccc1)[Si](c1ccccc1)(c1ccccc1)[Si](c1ccccc1)(c1ccccc1)[SiH](c1ccccc1)c1ccccc1. The van der Waals surface area contributed by atoms with Crippen molar-refractivity contribution in [3.05, 3.63) is 243 Å². The highest BCUT2D eigenvalue weighted by Crippen LogP contribution is 2.34. The minimum atomic E-state index is -3.38. The van der Waals surface area contributed by atoms with Crippen molar-refractivity contribution >= 4 is 82.0 Å². The van der Waals surface area contributed by atoms with Gasteiger partial charge in [0.2, 0.25) is 6.90 Å². The molecule has 0 radical (unpaired) electrons. The Balaban J connectivity index is 1.74. The topological polar surface area (TPSA) is 0 Å². The summed E-state index contributed by atoms with van der Waals surface area (Å²) in [5.41, 5.74) is 0. The zero-order valence-corrected chi connectivity index (χ0v) is 34.5. The Morgan fingerprint density at radius 2 is 0.491 bits per heavy atom. The van der Waals surface area contributed by atoms with Crippen molar-refractivity contribution < 1.29 is 0 Å². The lowest BCUT2D eigenvalue weighted by molar-refractivity contribution is 1.69. The molecule has 0 unspecified atom stereocenters. The van der Waals surface area contributed by atoms with Crippen molar-refractivity contribution in [2.24, 2.45) is 0 Å². The molecular weight excluding hydrogens is 724 g/mol. The third-order valence-electron chi connectivity index (χ3n) is 11.0. The Bertz CT molecular complexity index is 2170. The van der Waals surface area contributed by atoms with Crippen LogP contribution in [0.3, 0.4) is 0 Å². The van der Waals surface area contributed by atoms with Gasteiger partial charge in [-0.05, 0) is 10.4 Å². The third kappa shape index (κ3) is 5.88. The highest BCUT2D eigenvalue weighted by atomic mass is 35.6. The summed E-state index contributed by atoms with van der Waals surface area (Å²) >= 11 is 9.34. The van der Waals surface area contributed by atoms with Crippen molar-refractivity contribution in [3.63, 3.8) is 0 Å². The van der Waals surface area contributed by atoms with Crippen LogP contribution in [0.15, 0.2) is 243 Å². The van der Waals surface area contributed by atoms with Crippen LogP contribution in [0, 0.1) is 0 Å². The van der Waals surface area contributed by atoms with Gasteiger partial charge in [0, 0.05) is 0 Å². The second-order valence-corrected chi connectivity index (χ2v) is 43.1. The minimum absolute atomic E-state index is 1.27. The number of rotatable bonds is 11. The first-order valence-corrected chi connectivity index (χ1v) is 30.3. The van der Waals surface area contributed by atoms with Crippen LogP contribution in [0.1, 0.15) is 0 Å². The Labute approximate surface area is 322 Å². The van der Waals surface area contributed by atoms with E-state index in [4.69, 9.17) is 0 Å². The van der Waals surface area contributed by atoms with Gasteiger partial charge in [0.05, 0.1) is 0 Å². The summed E-state index contributed by atoms with van der Waals surface area (Å²) in [5, 5.41) is 11.2. The van der Waals surface area contributed by atoms with E-state index in [-0.39, 0.29) is 0 Å². The van der Waals surface area contributed by atoms with Gasteiger partial charge in [0.15, 0.2) is 0 Å². The van der Waals surface area contributed by atoms with E-state index in [0.29, 0.717) is 0 Å². The first-order chi connectivity index (χ1) is 26.2. The normalized spacial score (nSPS) is 12.0. The molecule has 0 amide bonds. The third-order valence-corrected chi connectivity index (χ3v) is 64.8. The van der Waals surface area contributed by atoms with Crippen molar-refractivity contribution in [2.45, 2.75) is 0 Å². The Kier molecular flexibility index (Phi) is 10.2. The van der Waals surface area contributed by atoms with Crippen molar-refractivity contribution in [1.82, 2.24) is 0 Å². The molecule has 0 saturated heterocycles. The summed E-state index contributed by atoms with van der Waals surface area (Å²) in [6, 6.07) is 92.1. The van der Waals surface area contributed by atoms with Gasteiger partial charge in [0.1, 0.15) is 22.5 Å². The second kappa shape index (κ2) is 15.5. The largest absolute Gasteiger partial charge is 0.214 e. The molecule has 8 aromatic rings. The highest BCUT2D eigenvalue weighted by Gasteiger charge is 2.73. The molecule has 53 heavy (non-hydrogen) atoms. The van der Waals surface area contributed by atoms with E-state index in [1.165, 1.54) is 41.5 Å². The van der Waals surface area contributed by atoms with Crippen LogP contribution in [0.2, 0.25) is 0 Å². The van der Waals surface area contributed by atoms with Gasteiger partial charge in [-0.15, -0.1) is 0 Å². The lowest BCUT2D eigenvalue weighted by Gasteiger charge is -2.58. The van der Waals surface area contributed by atoms with E-state index in [2.05, 4.69) is 243 Å². The molecule has 0 aliphatic carbocycles. The van der Waals surface area contributed by atoms with Gasteiger partial charge in [-0.25, -0.2) is 0 Å². The van der Waals surface area contributed by atoms with Crippen LogP contribution in [-0.2, 0) is 0 Å². The standard InChI is InChI=1S/C48H41ClSi4/c49-51(43-29-13-3-14-30-43,44-31-15-4-16-32-44)53(47-37-21-7-22-38-47,48-39-23-8-24-40-48)52(45-33-17-5-18-34-45,46-35-19-6-20-36-46)50(41-25-9-1-10-26-41)42-27-11-2-12-28-42/h1-40,50H. The molecule has 8 rings (SSSR count). The molecule has 0 bridgehead atoms. The van der Waals surface area contributed by atoms with Gasteiger partial charge in [-0.1, -0.05) is 274 Å². The molecule has 0 heterocycles. The van der Waals surface area contributed by atoms with Crippen LogP contribution < -0.4 is 41.5 Å². The van der Waals surface area contributed by atoms with Gasteiger partial charge in [-0.3, -0.25) is 0 Å². The van der Waals surface area contributed by atoms with E-state index in [0.717, 1.165) is 0 Å². The number of hydrogen-bond acceptors (Lipinski definition) is 0. The molecule has 256 valence electrons. The maximum Gasteiger partial charge on any atom is 0.214 e. The van der Waals surface area contributed by atoms with E-state index < -0.39 is 29.4 Å². The molecule has 0 fully saturated rings. The first kappa shape index (κ1) is 35.0. The van der Waals surface area contributed by atoms with Gasteiger partial charge >= 0.3 is 0 Å². The molecule has 0 nitrogen and oxygen atoms in total. The Morgan fingerprint density at radius 1 is 0.264 bits per heavy atom. The van der Waals surface area contributed by atoms with Crippen LogP contribution in [-0.4, -0.2) is 29.4 Å². The van der Waals surface area contributed by atoms with Crippen LogP contribution in [0.25, 0.3) is 0 Å². The lowest BCUT2D eigenvalue weighted by Crippen LogP contribution is -3.03. The summed E-state index contributed by atoms with van der Waals surface area (Å²) in [5.74, 6) is 0. The van der Waals surface area contributed by atoms with Gasteiger partial charge in [-0.2, -0.15) is 11.1 Å². The fourth-order valence-electron chi connectivity index (χ4n) is 9.14. The molecule has 0 aliphatic heterocycles. The number of hydrogen-bond donors (Lipinski definition) is 0. The second-order valence-electron chi connectivity index (χ2n) is 13.7. The monoisotopic (exact) mass is 764 g/mol. The molecule has 0 N–H and O–H groups in total. The first-order valence-electron chi connectivity index (χ1n) is 18.3. The van der Waals surface area contributed by atoms with Gasteiger partial charge in [0.25, 0.3) is 0 Å². The predicted octanol–water partition coefficient (Wildman–Crippen LogP) is 5.79. The zero-order valence-electron chi connectivity index (χ0n) is 29.5. The molecule has 8 aromatic carbocycles. The fourth-order valence-corrected chi connectivity index (χ4v) is 85.4. The molecule has 0 aliphatic rings. The average molecular weight is 766 g/mol. The van der Waals surface area contributed by atoms with Crippen LogP contribution in [0.4, 0.5) is 0 Å². The Morgan fingerprint density at radius 3 is 0.774 bits per heavy atom. The number of halogens is 1. The quantitative estimate of drug-likeness (QED) is 0.116. The van der Waals surface area contributed by atoms with Crippen molar-refractivity contribution in [3.8, 4) is 0 Å². The smallest absolute Gasteiger partial charge is 0.158 e. The Hall–Kier alpha value is -5.08. The van der Waals surface area contributed by atoms with E-state index >= 15 is 0 Å². The molecular formula is C48H41ClSi4. The molecule has 0 saturated carbocycles. The lowest BCUT2D eigenvalue weighted by atomic mass is 10.4. The summed E-state index contributed by atoms with van der Waals surface area (Å²) < 4.78 is 0. The van der Waals surface area contributed by atoms with Gasteiger partial charge < -0.3 is 0 Å². The van der Waals surface area contributed by atoms with Crippen LogP contribution >= 0.6 is 11.1 Å². The molecule has 0 aromatic heterocycles. The minimum Gasteiger partial charge on any atom is -0.158 e.